The van der Waals surface area contributed by atoms with Gasteiger partial charge in [-0.2, -0.15) is 5.48 Å². The van der Waals surface area contributed by atoms with Crippen molar-refractivity contribution in [2.75, 3.05) is 0 Å². The summed E-state index contributed by atoms with van der Waals surface area (Å²) in [5, 5.41) is 40.5. The topological polar surface area (TPSA) is 119 Å². The standard InChI is InChI=1S/C13H30N2O4/c1-5-9(16)12(14,8-4)13(15-19,10(17)6-2)11(18)7-3/h9-11,15-19H,5-8,14H2,1-4H3. The van der Waals surface area contributed by atoms with Crippen molar-refractivity contribution in [3.63, 3.8) is 0 Å². The van der Waals surface area contributed by atoms with Crippen LogP contribution in [0.4, 0.5) is 0 Å². The van der Waals surface area contributed by atoms with Crippen molar-refractivity contribution in [3.8, 4) is 0 Å². The number of nitrogens with two attached hydrogens (primary N) is 1. The summed E-state index contributed by atoms with van der Waals surface area (Å²) in [6.07, 6.45) is -1.89. The van der Waals surface area contributed by atoms with Crippen LogP contribution in [0.15, 0.2) is 0 Å². The molecule has 0 aliphatic heterocycles. The molecule has 0 bridgehead atoms. The predicted octanol–water partition coefficient (Wildman–Crippen LogP) is 0.124. The van der Waals surface area contributed by atoms with Crippen molar-refractivity contribution >= 4 is 0 Å². The van der Waals surface area contributed by atoms with Gasteiger partial charge in [0.1, 0.15) is 5.54 Å². The average Bonchev–Trinajstić information content (AvgIpc) is 2.45. The number of nitrogens with one attached hydrogen (secondary N) is 1. The van der Waals surface area contributed by atoms with Crippen LogP contribution in [0.2, 0.25) is 0 Å². The summed E-state index contributed by atoms with van der Waals surface area (Å²) < 4.78 is 0. The molecule has 0 amide bonds. The van der Waals surface area contributed by atoms with Gasteiger partial charge in [0.15, 0.2) is 0 Å². The Hall–Kier alpha value is -0.240. The van der Waals surface area contributed by atoms with Crippen molar-refractivity contribution in [2.45, 2.75) is 82.8 Å². The molecule has 0 radical (unpaired) electrons. The molecule has 0 aromatic rings. The predicted molar refractivity (Wildman–Crippen MR) is 73.8 cm³/mol. The first-order chi connectivity index (χ1) is 8.82. The van der Waals surface area contributed by atoms with Gasteiger partial charge in [-0.25, -0.2) is 0 Å². The van der Waals surface area contributed by atoms with Crippen molar-refractivity contribution < 1.29 is 20.5 Å². The van der Waals surface area contributed by atoms with Crippen LogP contribution in [0.1, 0.15) is 53.4 Å². The van der Waals surface area contributed by atoms with Crippen LogP contribution in [0.3, 0.4) is 0 Å². The Bertz CT molecular complexity index is 255. The van der Waals surface area contributed by atoms with Crippen LogP contribution in [0.5, 0.6) is 0 Å². The Kier molecular flexibility index (Phi) is 7.42. The maximum absolute atomic E-state index is 10.3. The number of aliphatic hydroxyl groups is 3. The van der Waals surface area contributed by atoms with Crippen LogP contribution in [0.25, 0.3) is 0 Å². The van der Waals surface area contributed by atoms with Gasteiger partial charge in [-0.3, -0.25) is 0 Å². The maximum Gasteiger partial charge on any atom is 0.115 e. The van der Waals surface area contributed by atoms with Gasteiger partial charge in [0, 0.05) is 0 Å². The van der Waals surface area contributed by atoms with Crippen molar-refractivity contribution in [2.24, 2.45) is 5.73 Å². The molecule has 4 unspecified atom stereocenters. The molecule has 0 aromatic carbocycles. The summed E-state index contributed by atoms with van der Waals surface area (Å²) in [5.74, 6) is 0. The highest BCUT2D eigenvalue weighted by Crippen LogP contribution is 2.36. The molecule has 0 aliphatic rings. The summed E-state index contributed by atoms with van der Waals surface area (Å²) in [6, 6.07) is 0. The molecule has 4 atom stereocenters. The van der Waals surface area contributed by atoms with Crippen LogP contribution in [-0.2, 0) is 0 Å². The van der Waals surface area contributed by atoms with Gasteiger partial charge in [0.25, 0.3) is 0 Å². The number of aliphatic hydroxyl groups excluding tert-OH is 3. The molecule has 6 heteroatoms. The Balaban J connectivity index is 5.91. The van der Waals surface area contributed by atoms with Crippen LogP contribution in [0, 0.1) is 0 Å². The summed E-state index contributed by atoms with van der Waals surface area (Å²) in [5.41, 5.74) is 5.43. The van der Waals surface area contributed by atoms with E-state index in [1.807, 2.05) is 5.48 Å². The zero-order chi connectivity index (χ0) is 15.3. The van der Waals surface area contributed by atoms with E-state index < -0.39 is 29.4 Å². The molecule has 0 fully saturated rings. The summed E-state index contributed by atoms with van der Waals surface area (Å²) in [6.45, 7) is 6.98. The SMILES string of the molecule is CCC(O)C(N)(CC)C(NO)(C(O)CC)C(O)CC. The van der Waals surface area contributed by atoms with Gasteiger partial charge in [0.2, 0.25) is 0 Å². The normalized spacial score (nSPS) is 23.2. The van der Waals surface area contributed by atoms with E-state index >= 15 is 0 Å². The molecule has 0 aromatic heterocycles. The van der Waals surface area contributed by atoms with E-state index in [1.165, 1.54) is 0 Å². The van der Waals surface area contributed by atoms with Gasteiger partial charge >= 0.3 is 0 Å². The molecule has 0 aliphatic carbocycles. The van der Waals surface area contributed by atoms with E-state index in [4.69, 9.17) is 5.73 Å². The first kappa shape index (κ1) is 18.8. The highest BCUT2D eigenvalue weighted by Gasteiger charge is 2.59. The molecule has 0 saturated carbocycles. The van der Waals surface area contributed by atoms with Crippen molar-refractivity contribution in [1.29, 1.82) is 0 Å². The molecule has 7 N–H and O–H groups in total. The van der Waals surface area contributed by atoms with E-state index in [0.717, 1.165) is 0 Å². The number of rotatable bonds is 9. The third-order valence-electron chi connectivity index (χ3n) is 4.35. The first-order valence-corrected chi connectivity index (χ1v) is 7.06. The molecule has 0 spiro atoms. The Morgan fingerprint density at radius 1 is 0.895 bits per heavy atom. The average molecular weight is 278 g/mol. The summed E-state index contributed by atoms with van der Waals surface area (Å²) >= 11 is 0. The Morgan fingerprint density at radius 2 is 1.26 bits per heavy atom. The lowest BCUT2D eigenvalue weighted by atomic mass is 9.64. The fourth-order valence-corrected chi connectivity index (χ4v) is 2.91. The third kappa shape index (κ3) is 2.94. The lowest BCUT2D eigenvalue weighted by Gasteiger charge is -2.54. The van der Waals surface area contributed by atoms with Crippen LogP contribution in [-0.4, -0.2) is 49.9 Å². The second-order valence-electron chi connectivity index (χ2n) is 5.15. The first-order valence-electron chi connectivity index (χ1n) is 7.06. The molecule has 0 rings (SSSR count). The molecular weight excluding hydrogens is 248 g/mol. The van der Waals surface area contributed by atoms with Gasteiger partial charge in [-0.05, 0) is 25.7 Å². The zero-order valence-electron chi connectivity index (χ0n) is 12.4. The lowest BCUT2D eigenvalue weighted by Crippen LogP contribution is -2.80. The minimum absolute atomic E-state index is 0.292. The smallest absolute Gasteiger partial charge is 0.115 e. The third-order valence-corrected chi connectivity index (χ3v) is 4.35. The molecule has 19 heavy (non-hydrogen) atoms. The molecule has 0 heterocycles. The minimum Gasteiger partial charge on any atom is -0.391 e. The van der Waals surface area contributed by atoms with Crippen molar-refractivity contribution in [3.05, 3.63) is 0 Å². The number of hydrogen-bond acceptors (Lipinski definition) is 6. The highest BCUT2D eigenvalue weighted by atomic mass is 16.5. The largest absolute Gasteiger partial charge is 0.391 e. The quantitative estimate of drug-likeness (QED) is 0.334. The maximum atomic E-state index is 10.3. The van der Waals surface area contributed by atoms with Crippen LogP contribution < -0.4 is 11.2 Å². The Labute approximate surface area is 115 Å². The number of hydrogen-bond donors (Lipinski definition) is 6. The minimum atomic E-state index is -1.57. The fourth-order valence-electron chi connectivity index (χ4n) is 2.91. The highest BCUT2D eigenvalue weighted by molar-refractivity contribution is 5.17. The van der Waals surface area contributed by atoms with Crippen molar-refractivity contribution in [1.82, 2.24) is 5.48 Å². The van der Waals surface area contributed by atoms with E-state index in [2.05, 4.69) is 0 Å². The lowest BCUT2D eigenvalue weighted by molar-refractivity contribution is -0.159. The van der Waals surface area contributed by atoms with E-state index in [1.54, 1.807) is 27.7 Å². The van der Waals surface area contributed by atoms with Gasteiger partial charge < -0.3 is 26.3 Å². The summed E-state index contributed by atoms with van der Waals surface area (Å²) in [7, 11) is 0. The number of hydroxylamine groups is 1. The van der Waals surface area contributed by atoms with Gasteiger partial charge in [0.05, 0.1) is 23.9 Å². The molecule has 116 valence electrons. The monoisotopic (exact) mass is 278 g/mol. The molecular formula is C13H30N2O4. The Morgan fingerprint density at radius 3 is 1.47 bits per heavy atom. The summed E-state index contributed by atoms with van der Waals surface area (Å²) in [4.78, 5) is 0. The zero-order valence-corrected chi connectivity index (χ0v) is 12.4. The van der Waals surface area contributed by atoms with Crippen LogP contribution >= 0.6 is 0 Å². The van der Waals surface area contributed by atoms with Gasteiger partial charge in [-0.1, -0.05) is 27.7 Å². The van der Waals surface area contributed by atoms with E-state index in [-0.39, 0.29) is 0 Å². The second kappa shape index (κ2) is 7.52. The molecule has 0 saturated heterocycles. The fraction of sp³-hybridized carbons (Fsp3) is 1.00. The van der Waals surface area contributed by atoms with E-state index in [9.17, 15) is 20.5 Å². The molecule has 6 nitrogen and oxygen atoms in total. The van der Waals surface area contributed by atoms with Gasteiger partial charge in [-0.15, -0.1) is 0 Å². The second-order valence-corrected chi connectivity index (χ2v) is 5.15. The van der Waals surface area contributed by atoms with E-state index in [0.29, 0.717) is 25.7 Å².